The molecular weight excluding hydrogens is 342 g/mol. The first-order valence-corrected chi connectivity index (χ1v) is 10.5. The number of benzene rings is 1. The van der Waals surface area contributed by atoms with E-state index in [1.54, 1.807) is 11.3 Å². The van der Waals surface area contributed by atoms with Gasteiger partial charge in [0.2, 0.25) is 0 Å². The lowest BCUT2D eigenvalue weighted by Crippen LogP contribution is -2.60. The summed E-state index contributed by atoms with van der Waals surface area (Å²) in [7, 11) is 0. The van der Waals surface area contributed by atoms with E-state index in [4.69, 9.17) is 0 Å². The molecule has 0 N–H and O–H groups in total. The molecule has 4 nitrogen and oxygen atoms in total. The number of likely N-dealkylation sites (tertiary alicyclic amines) is 1. The lowest BCUT2D eigenvalue weighted by Gasteiger charge is -2.51. The van der Waals surface area contributed by atoms with Gasteiger partial charge in [-0.15, -0.1) is 11.3 Å². The van der Waals surface area contributed by atoms with Crippen molar-refractivity contribution in [3.63, 3.8) is 0 Å². The smallest absolute Gasteiger partial charge is 0.273 e. The van der Waals surface area contributed by atoms with E-state index in [1.807, 2.05) is 12.3 Å². The monoisotopic (exact) mass is 367 g/mol. The largest absolute Gasteiger partial charge is 0.332 e. The average molecular weight is 368 g/mol. The van der Waals surface area contributed by atoms with E-state index in [1.165, 1.54) is 37.1 Å². The van der Waals surface area contributed by atoms with Gasteiger partial charge in [0, 0.05) is 23.9 Å². The van der Waals surface area contributed by atoms with Crippen LogP contribution >= 0.6 is 11.3 Å². The number of amides is 1. The Morgan fingerprint density at radius 1 is 1.12 bits per heavy atom. The van der Waals surface area contributed by atoms with Crippen LogP contribution in [-0.2, 0) is 0 Å². The van der Waals surface area contributed by atoms with Crippen LogP contribution in [0, 0.1) is 19.8 Å². The summed E-state index contributed by atoms with van der Waals surface area (Å²) in [6.07, 6.45) is 2.45. The zero-order chi connectivity index (χ0) is 17.8. The third kappa shape index (κ3) is 2.52. The second-order valence-electron chi connectivity index (χ2n) is 8.08. The quantitative estimate of drug-likeness (QED) is 0.816. The molecule has 4 saturated heterocycles. The molecule has 0 saturated carbocycles. The van der Waals surface area contributed by atoms with Gasteiger partial charge in [0.15, 0.2) is 0 Å². The summed E-state index contributed by atoms with van der Waals surface area (Å²) >= 11 is 1.57. The van der Waals surface area contributed by atoms with E-state index >= 15 is 0 Å². The second kappa shape index (κ2) is 6.17. The highest BCUT2D eigenvalue weighted by atomic mass is 32.1. The number of hydrogen-bond donors (Lipinski definition) is 0. The zero-order valence-corrected chi connectivity index (χ0v) is 16.2. The van der Waals surface area contributed by atoms with E-state index in [0.29, 0.717) is 29.6 Å². The minimum atomic E-state index is 0.132. The SMILES string of the molecule is Cc1ccc([C@H]2CN(C(=O)c3csc(C)n3)[C@@H]3C4CCN(CC4)[C@H]23)cc1. The van der Waals surface area contributed by atoms with Gasteiger partial charge in [0.25, 0.3) is 5.91 Å². The minimum absolute atomic E-state index is 0.132. The molecule has 4 aliphatic heterocycles. The normalized spacial score (nSPS) is 32.7. The predicted octanol–water partition coefficient (Wildman–Crippen LogP) is 3.46. The van der Waals surface area contributed by atoms with Crippen LogP contribution in [0.3, 0.4) is 0 Å². The number of fused-ring (bicyclic) bond motifs is 2. The third-order valence-corrected chi connectivity index (χ3v) is 7.37. The number of carbonyl (C=O) groups excluding carboxylic acids is 1. The van der Waals surface area contributed by atoms with Gasteiger partial charge in [-0.3, -0.25) is 9.69 Å². The summed E-state index contributed by atoms with van der Waals surface area (Å²) in [4.78, 5) is 22.6. The molecule has 26 heavy (non-hydrogen) atoms. The average Bonchev–Trinajstić information content (AvgIpc) is 3.28. The molecule has 5 heterocycles. The predicted molar refractivity (Wildman–Crippen MR) is 104 cm³/mol. The van der Waals surface area contributed by atoms with Gasteiger partial charge in [-0.25, -0.2) is 4.98 Å². The van der Waals surface area contributed by atoms with Gasteiger partial charge in [-0.1, -0.05) is 29.8 Å². The molecule has 3 atom stereocenters. The van der Waals surface area contributed by atoms with Crippen LogP contribution in [0.25, 0.3) is 0 Å². The molecule has 5 heteroatoms. The van der Waals surface area contributed by atoms with E-state index in [9.17, 15) is 4.79 Å². The van der Waals surface area contributed by atoms with Gasteiger partial charge in [-0.05, 0) is 51.3 Å². The lowest BCUT2D eigenvalue weighted by atomic mass is 9.75. The molecule has 136 valence electrons. The van der Waals surface area contributed by atoms with E-state index in [-0.39, 0.29) is 5.91 Å². The number of nitrogens with zero attached hydrogens (tertiary/aromatic N) is 3. The van der Waals surface area contributed by atoms with Crippen molar-refractivity contribution in [2.75, 3.05) is 19.6 Å². The molecule has 0 spiro atoms. The minimum Gasteiger partial charge on any atom is -0.332 e. The number of thiazole rings is 1. The van der Waals surface area contributed by atoms with Gasteiger partial charge in [0.05, 0.1) is 11.0 Å². The van der Waals surface area contributed by atoms with E-state index < -0.39 is 0 Å². The summed E-state index contributed by atoms with van der Waals surface area (Å²) in [5.41, 5.74) is 3.30. The van der Waals surface area contributed by atoms with Crippen LogP contribution in [-0.4, -0.2) is 52.4 Å². The van der Waals surface area contributed by atoms with Crippen molar-refractivity contribution < 1.29 is 4.79 Å². The first-order valence-electron chi connectivity index (χ1n) is 9.65. The lowest BCUT2D eigenvalue weighted by molar-refractivity contribution is -0.00356. The molecule has 0 aliphatic carbocycles. The summed E-state index contributed by atoms with van der Waals surface area (Å²) in [6.45, 7) is 7.30. The van der Waals surface area contributed by atoms with Crippen molar-refractivity contribution in [3.8, 4) is 0 Å². The fraction of sp³-hybridized carbons (Fsp3) is 0.524. The maximum Gasteiger partial charge on any atom is 0.273 e. The van der Waals surface area contributed by atoms with E-state index in [0.717, 1.165) is 11.6 Å². The molecule has 1 amide bonds. The number of hydrogen-bond acceptors (Lipinski definition) is 4. The highest BCUT2D eigenvalue weighted by molar-refractivity contribution is 7.09. The second-order valence-corrected chi connectivity index (χ2v) is 9.14. The molecule has 6 rings (SSSR count). The maximum absolute atomic E-state index is 13.3. The highest BCUT2D eigenvalue weighted by Gasteiger charge is 2.54. The van der Waals surface area contributed by atoms with Crippen molar-refractivity contribution in [1.29, 1.82) is 0 Å². The standard InChI is InChI=1S/C21H25N3OS/c1-13-3-5-15(6-4-13)17-11-24(21(25)18-12-26-14(2)22-18)19-16-7-9-23(10-8-16)20(17)19/h3-6,12,16-17,19-20H,7-11H2,1-2H3/t17-,19-,20-/m1/s1. The molecule has 0 unspecified atom stereocenters. The van der Waals surface area contributed by atoms with Crippen LogP contribution in [0.4, 0.5) is 0 Å². The fourth-order valence-corrected chi connectivity index (χ4v) is 5.96. The number of rotatable bonds is 2. The Labute approximate surface area is 158 Å². The Morgan fingerprint density at radius 3 is 2.50 bits per heavy atom. The molecule has 4 aliphatic rings. The van der Waals surface area contributed by atoms with Crippen LogP contribution in [0.5, 0.6) is 0 Å². The Morgan fingerprint density at radius 2 is 1.85 bits per heavy atom. The van der Waals surface area contributed by atoms with E-state index in [2.05, 4.69) is 46.0 Å². The first-order chi connectivity index (χ1) is 12.6. The summed E-state index contributed by atoms with van der Waals surface area (Å²) in [5.74, 6) is 1.18. The van der Waals surface area contributed by atoms with Gasteiger partial charge in [-0.2, -0.15) is 0 Å². The Bertz CT molecular complexity index is 822. The number of aromatic nitrogens is 1. The van der Waals surface area contributed by atoms with Crippen LogP contribution < -0.4 is 0 Å². The number of piperidine rings is 3. The molecule has 2 bridgehead atoms. The summed E-state index contributed by atoms with van der Waals surface area (Å²) in [5, 5.41) is 2.89. The number of carbonyl (C=O) groups is 1. The van der Waals surface area contributed by atoms with Crippen molar-refractivity contribution in [3.05, 3.63) is 51.5 Å². The molecule has 4 fully saturated rings. The van der Waals surface area contributed by atoms with Crippen molar-refractivity contribution in [2.24, 2.45) is 5.92 Å². The van der Waals surface area contributed by atoms with Crippen LogP contribution in [0.1, 0.15) is 45.4 Å². The van der Waals surface area contributed by atoms with Gasteiger partial charge < -0.3 is 4.90 Å². The fourth-order valence-electron chi connectivity index (χ4n) is 5.37. The Kier molecular flexibility index (Phi) is 3.90. The molecule has 2 aromatic rings. The van der Waals surface area contributed by atoms with Crippen LogP contribution in [0.15, 0.2) is 29.6 Å². The van der Waals surface area contributed by atoms with Crippen LogP contribution in [0.2, 0.25) is 0 Å². The number of aryl methyl sites for hydroxylation is 2. The summed E-state index contributed by atoms with van der Waals surface area (Å²) in [6, 6.07) is 9.75. The highest BCUT2D eigenvalue weighted by Crippen LogP contribution is 2.46. The first kappa shape index (κ1) is 16.5. The molecule has 0 radical (unpaired) electrons. The summed E-state index contributed by atoms with van der Waals surface area (Å²) < 4.78 is 0. The molecule has 1 aromatic carbocycles. The zero-order valence-electron chi connectivity index (χ0n) is 15.4. The van der Waals surface area contributed by atoms with Crippen molar-refractivity contribution in [1.82, 2.24) is 14.8 Å². The molecular formula is C21H25N3OS. The topological polar surface area (TPSA) is 36.4 Å². The van der Waals surface area contributed by atoms with Gasteiger partial charge >= 0.3 is 0 Å². The molecule has 1 aromatic heterocycles. The third-order valence-electron chi connectivity index (χ3n) is 6.60. The van der Waals surface area contributed by atoms with Crippen molar-refractivity contribution >= 4 is 17.2 Å². The van der Waals surface area contributed by atoms with Gasteiger partial charge in [0.1, 0.15) is 5.69 Å². The van der Waals surface area contributed by atoms with Crippen molar-refractivity contribution in [2.45, 2.75) is 44.7 Å². The Balaban J connectivity index is 1.52. The maximum atomic E-state index is 13.3. The Hall–Kier alpha value is -1.72.